The van der Waals surface area contributed by atoms with Crippen LogP contribution in [0.5, 0.6) is 0 Å². The van der Waals surface area contributed by atoms with Gasteiger partial charge in [-0.3, -0.25) is 0 Å². The van der Waals surface area contributed by atoms with Gasteiger partial charge in [-0.15, -0.1) is 24.0 Å². The summed E-state index contributed by atoms with van der Waals surface area (Å²) in [6.07, 6.45) is 0. The van der Waals surface area contributed by atoms with E-state index >= 15 is 0 Å². The van der Waals surface area contributed by atoms with Crippen LogP contribution in [-0.2, 0) is 6.61 Å². The van der Waals surface area contributed by atoms with Crippen molar-refractivity contribution in [2.45, 2.75) is 18.4 Å². The largest absolute Gasteiger partial charge is 0.392 e. The van der Waals surface area contributed by atoms with Gasteiger partial charge in [0.25, 0.3) is 0 Å². The average Bonchev–Trinajstić information content (AvgIpc) is 2.42. The Bertz CT molecular complexity index is 445. The summed E-state index contributed by atoms with van der Waals surface area (Å²) in [7, 11) is 0. The molecule has 13 heavy (non-hydrogen) atoms. The molecule has 0 saturated carbocycles. The molecule has 0 aliphatic carbocycles. The lowest BCUT2D eigenvalue weighted by Gasteiger charge is -2.00. The van der Waals surface area contributed by atoms with Crippen LogP contribution in [0.25, 0.3) is 10.1 Å². The number of aliphatic hydroxyl groups excluding tert-OH is 1. The molecule has 3 heteroatoms. The Morgan fingerprint density at radius 2 is 2.15 bits per heavy atom. The van der Waals surface area contributed by atoms with Gasteiger partial charge in [-0.2, -0.15) is 0 Å². The average molecular weight is 210 g/mol. The van der Waals surface area contributed by atoms with Crippen LogP contribution >= 0.6 is 24.0 Å². The third-order valence-electron chi connectivity index (χ3n) is 2.01. The zero-order valence-corrected chi connectivity index (χ0v) is 8.95. The summed E-state index contributed by atoms with van der Waals surface area (Å²) in [5.41, 5.74) is 0.897. The van der Waals surface area contributed by atoms with Gasteiger partial charge >= 0.3 is 0 Å². The van der Waals surface area contributed by atoms with Gasteiger partial charge in [0.2, 0.25) is 0 Å². The lowest BCUT2D eigenvalue weighted by Crippen LogP contribution is -1.83. The highest BCUT2D eigenvalue weighted by molar-refractivity contribution is 7.80. The number of thiophene rings is 1. The fourth-order valence-corrected chi connectivity index (χ4v) is 2.68. The lowest BCUT2D eigenvalue weighted by atomic mass is 10.2. The molecule has 0 aliphatic heterocycles. The number of hydrogen-bond acceptors (Lipinski definition) is 3. The number of thiol groups is 1. The molecule has 1 nitrogen and oxygen atoms in total. The summed E-state index contributed by atoms with van der Waals surface area (Å²) in [4.78, 5) is 2.16. The van der Waals surface area contributed by atoms with Crippen molar-refractivity contribution in [2.75, 3.05) is 0 Å². The van der Waals surface area contributed by atoms with E-state index < -0.39 is 0 Å². The van der Waals surface area contributed by atoms with Crippen LogP contribution in [-0.4, -0.2) is 5.11 Å². The molecule has 68 valence electrons. The molecule has 0 bridgehead atoms. The SMILES string of the molecule is Cc1cc2cc(CO)c(S)cc2s1. The molecule has 2 rings (SSSR count). The number of benzene rings is 1. The first kappa shape index (κ1) is 9.06. The summed E-state index contributed by atoms with van der Waals surface area (Å²) in [6.45, 7) is 2.14. The lowest BCUT2D eigenvalue weighted by molar-refractivity contribution is 0.279. The highest BCUT2D eigenvalue weighted by atomic mass is 32.1. The minimum absolute atomic E-state index is 0.0592. The Morgan fingerprint density at radius 1 is 1.38 bits per heavy atom. The predicted molar refractivity (Wildman–Crippen MR) is 59.7 cm³/mol. The van der Waals surface area contributed by atoms with Crippen molar-refractivity contribution in [1.29, 1.82) is 0 Å². The summed E-state index contributed by atoms with van der Waals surface area (Å²) < 4.78 is 1.24. The van der Waals surface area contributed by atoms with Gasteiger partial charge in [-0.05, 0) is 36.1 Å². The molecule has 0 radical (unpaired) electrons. The molecule has 1 N–H and O–H groups in total. The molecule has 0 spiro atoms. The maximum Gasteiger partial charge on any atom is 0.0692 e. The maximum absolute atomic E-state index is 9.04. The molecule has 0 aliphatic rings. The van der Waals surface area contributed by atoms with Crippen LogP contribution in [0.15, 0.2) is 23.1 Å². The Labute approximate surface area is 86.4 Å². The first-order chi connectivity index (χ1) is 6.20. The van der Waals surface area contributed by atoms with Gasteiger partial charge in [-0.1, -0.05) is 0 Å². The second-order valence-electron chi connectivity index (χ2n) is 3.03. The fraction of sp³-hybridized carbons (Fsp3) is 0.200. The summed E-state index contributed by atoms with van der Waals surface area (Å²) in [6, 6.07) is 6.15. The smallest absolute Gasteiger partial charge is 0.0692 e. The number of rotatable bonds is 1. The maximum atomic E-state index is 9.04. The topological polar surface area (TPSA) is 20.2 Å². The number of hydrogen-bond donors (Lipinski definition) is 2. The second kappa shape index (κ2) is 3.33. The Balaban J connectivity index is 2.72. The van der Waals surface area contributed by atoms with Gasteiger partial charge in [-0.25, -0.2) is 0 Å². The molecule has 0 fully saturated rings. The summed E-state index contributed by atoms with van der Waals surface area (Å²) in [5.74, 6) is 0. The van der Waals surface area contributed by atoms with Crippen molar-refractivity contribution >= 4 is 34.1 Å². The van der Waals surface area contributed by atoms with E-state index in [0.717, 1.165) is 10.5 Å². The Kier molecular flexibility index (Phi) is 2.32. The van der Waals surface area contributed by atoms with E-state index in [4.69, 9.17) is 5.11 Å². The normalized spacial score (nSPS) is 11.0. The molecule has 0 atom stereocenters. The molecule has 0 unspecified atom stereocenters. The van der Waals surface area contributed by atoms with Crippen molar-refractivity contribution < 1.29 is 5.11 Å². The minimum atomic E-state index is 0.0592. The molecule has 0 amide bonds. The molecular weight excluding hydrogens is 200 g/mol. The third-order valence-corrected chi connectivity index (χ3v) is 3.44. The number of aliphatic hydroxyl groups is 1. The monoisotopic (exact) mass is 210 g/mol. The highest BCUT2D eigenvalue weighted by Crippen LogP contribution is 2.29. The molecule has 1 aromatic heterocycles. The molecule has 2 aromatic rings. The summed E-state index contributed by atoms with van der Waals surface area (Å²) in [5, 5.41) is 10.2. The first-order valence-electron chi connectivity index (χ1n) is 4.03. The van der Waals surface area contributed by atoms with Crippen LogP contribution in [0.1, 0.15) is 10.4 Å². The predicted octanol–water partition coefficient (Wildman–Crippen LogP) is 2.99. The van der Waals surface area contributed by atoms with Crippen molar-refractivity contribution in [3.05, 3.63) is 28.6 Å². The van der Waals surface area contributed by atoms with E-state index in [2.05, 4.69) is 25.6 Å². The van der Waals surface area contributed by atoms with Gasteiger partial charge in [0.05, 0.1) is 6.61 Å². The van der Waals surface area contributed by atoms with E-state index in [-0.39, 0.29) is 6.61 Å². The van der Waals surface area contributed by atoms with E-state index in [1.165, 1.54) is 15.0 Å². The zero-order valence-electron chi connectivity index (χ0n) is 7.24. The van der Waals surface area contributed by atoms with Crippen LogP contribution in [0, 0.1) is 6.92 Å². The molecule has 0 saturated heterocycles. The Morgan fingerprint density at radius 3 is 2.85 bits per heavy atom. The van der Waals surface area contributed by atoms with E-state index in [1.807, 2.05) is 12.1 Å². The fourth-order valence-electron chi connectivity index (χ4n) is 1.38. The quantitative estimate of drug-likeness (QED) is 0.693. The van der Waals surface area contributed by atoms with Crippen molar-refractivity contribution in [3.8, 4) is 0 Å². The minimum Gasteiger partial charge on any atom is -0.392 e. The van der Waals surface area contributed by atoms with Crippen LogP contribution in [0.3, 0.4) is 0 Å². The van der Waals surface area contributed by atoms with Gasteiger partial charge in [0, 0.05) is 14.5 Å². The van der Waals surface area contributed by atoms with Crippen molar-refractivity contribution in [2.24, 2.45) is 0 Å². The van der Waals surface area contributed by atoms with E-state index in [1.54, 1.807) is 11.3 Å². The first-order valence-corrected chi connectivity index (χ1v) is 5.30. The zero-order chi connectivity index (χ0) is 9.42. The summed E-state index contributed by atoms with van der Waals surface area (Å²) >= 11 is 6.06. The van der Waals surface area contributed by atoms with Crippen molar-refractivity contribution in [3.63, 3.8) is 0 Å². The molecule has 1 aromatic carbocycles. The highest BCUT2D eigenvalue weighted by Gasteiger charge is 2.03. The van der Waals surface area contributed by atoms with Gasteiger partial charge in [0.15, 0.2) is 0 Å². The van der Waals surface area contributed by atoms with Crippen LogP contribution in [0.2, 0.25) is 0 Å². The number of aryl methyl sites for hydroxylation is 1. The van der Waals surface area contributed by atoms with Gasteiger partial charge < -0.3 is 5.11 Å². The number of fused-ring (bicyclic) bond motifs is 1. The molecular formula is C10H10OS2. The molecule has 1 heterocycles. The standard InChI is InChI=1S/C10H10OS2/c1-6-2-7-3-8(5-11)9(12)4-10(7)13-6/h2-4,11-12H,5H2,1H3. The van der Waals surface area contributed by atoms with Gasteiger partial charge in [0.1, 0.15) is 0 Å². The van der Waals surface area contributed by atoms with E-state index in [0.29, 0.717) is 0 Å². The van der Waals surface area contributed by atoms with Crippen LogP contribution in [0.4, 0.5) is 0 Å². The van der Waals surface area contributed by atoms with Crippen LogP contribution < -0.4 is 0 Å². The second-order valence-corrected chi connectivity index (χ2v) is 4.80. The van der Waals surface area contributed by atoms with Crippen molar-refractivity contribution in [1.82, 2.24) is 0 Å². The van der Waals surface area contributed by atoms with E-state index in [9.17, 15) is 0 Å². The third kappa shape index (κ3) is 1.59. The Hall–Kier alpha value is -0.510.